The van der Waals surface area contributed by atoms with E-state index in [4.69, 9.17) is 5.73 Å². The average molecular weight is 318 g/mol. The molecule has 1 fully saturated rings. The first-order chi connectivity index (χ1) is 10.4. The second-order valence-electron chi connectivity index (χ2n) is 5.56. The van der Waals surface area contributed by atoms with Crippen molar-refractivity contribution < 1.29 is 0 Å². The zero-order chi connectivity index (χ0) is 14.2. The molecule has 0 bridgehead atoms. The Kier molecular flexibility index (Phi) is 3.69. The molecule has 0 amide bonds. The molecule has 1 atom stereocenters. The number of nitrogens with zero attached hydrogens (tertiary/aromatic N) is 3. The summed E-state index contributed by atoms with van der Waals surface area (Å²) in [5, 5.41) is 9.65. The van der Waals surface area contributed by atoms with Crippen molar-refractivity contribution in [3.8, 4) is 0 Å². The van der Waals surface area contributed by atoms with Gasteiger partial charge in [-0.05, 0) is 24.5 Å². The van der Waals surface area contributed by atoms with Crippen molar-refractivity contribution in [1.29, 1.82) is 0 Å². The van der Waals surface area contributed by atoms with E-state index in [0.717, 1.165) is 16.7 Å². The SMILES string of the molecule is NCc1nnc(SCC2CSc3ccccc32)n1C1CC1. The number of fused-ring (bicyclic) bond motifs is 1. The summed E-state index contributed by atoms with van der Waals surface area (Å²) in [6, 6.07) is 9.34. The molecule has 1 aliphatic heterocycles. The highest BCUT2D eigenvalue weighted by Crippen LogP contribution is 2.43. The predicted octanol–water partition coefficient (Wildman–Crippen LogP) is 3.05. The lowest BCUT2D eigenvalue weighted by atomic mass is 10.0. The van der Waals surface area contributed by atoms with Crippen molar-refractivity contribution in [2.75, 3.05) is 11.5 Å². The minimum absolute atomic E-state index is 0.478. The van der Waals surface area contributed by atoms with Crippen LogP contribution in [0, 0.1) is 0 Å². The summed E-state index contributed by atoms with van der Waals surface area (Å²) >= 11 is 3.80. The third-order valence-electron chi connectivity index (χ3n) is 4.04. The molecule has 110 valence electrons. The van der Waals surface area contributed by atoms with E-state index < -0.39 is 0 Å². The monoisotopic (exact) mass is 318 g/mol. The van der Waals surface area contributed by atoms with Gasteiger partial charge in [-0.1, -0.05) is 30.0 Å². The summed E-state index contributed by atoms with van der Waals surface area (Å²) in [6.45, 7) is 0.478. The third kappa shape index (κ3) is 2.60. The second kappa shape index (κ2) is 5.66. The van der Waals surface area contributed by atoms with E-state index in [1.807, 2.05) is 23.5 Å². The Morgan fingerprint density at radius 2 is 2.14 bits per heavy atom. The van der Waals surface area contributed by atoms with Gasteiger partial charge in [0.15, 0.2) is 5.16 Å². The van der Waals surface area contributed by atoms with Crippen LogP contribution in [0.25, 0.3) is 0 Å². The minimum Gasteiger partial charge on any atom is -0.324 e. The molecular formula is C15H18N4S2. The maximum atomic E-state index is 5.78. The molecule has 1 aromatic carbocycles. The zero-order valence-electron chi connectivity index (χ0n) is 11.7. The van der Waals surface area contributed by atoms with E-state index in [1.165, 1.54) is 29.1 Å². The summed E-state index contributed by atoms with van der Waals surface area (Å²) < 4.78 is 2.26. The summed E-state index contributed by atoms with van der Waals surface area (Å²) in [5.74, 6) is 3.79. The molecule has 2 aliphatic rings. The molecule has 0 saturated heterocycles. The maximum Gasteiger partial charge on any atom is 0.191 e. The molecule has 1 saturated carbocycles. The lowest BCUT2D eigenvalue weighted by Gasteiger charge is -2.11. The first-order valence-corrected chi connectivity index (χ1v) is 9.32. The van der Waals surface area contributed by atoms with E-state index in [1.54, 1.807) is 0 Å². The molecular weight excluding hydrogens is 300 g/mol. The summed E-state index contributed by atoms with van der Waals surface area (Å²) in [7, 11) is 0. The predicted molar refractivity (Wildman–Crippen MR) is 86.8 cm³/mol. The molecule has 2 N–H and O–H groups in total. The molecule has 0 radical (unpaired) electrons. The molecule has 4 nitrogen and oxygen atoms in total. The van der Waals surface area contributed by atoms with Gasteiger partial charge in [0.1, 0.15) is 5.82 Å². The molecule has 4 rings (SSSR count). The first kappa shape index (κ1) is 13.7. The quantitative estimate of drug-likeness (QED) is 0.859. The van der Waals surface area contributed by atoms with Crippen LogP contribution in [0.15, 0.2) is 34.3 Å². The number of hydrogen-bond acceptors (Lipinski definition) is 5. The largest absolute Gasteiger partial charge is 0.324 e. The van der Waals surface area contributed by atoms with Crippen LogP contribution in [0.2, 0.25) is 0 Å². The number of nitrogens with two attached hydrogens (primary N) is 1. The van der Waals surface area contributed by atoms with E-state index >= 15 is 0 Å². The fourth-order valence-corrected chi connectivity index (χ4v) is 5.33. The van der Waals surface area contributed by atoms with Crippen LogP contribution >= 0.6 is 23.5 Å². The van der Waals surface area contributed by atoms with Crippen LogP contribution < -0.4 is 5.73 Å². The fraction of sp³-hybridized carbons (Fsp3) is 0.467. The average Bonchev–Trinajstić information content (AvgIpc) is 3.14. The van der Waals surface area contributed by atoms with Gasteiger partial charge in [-0.15, -0.1) is 22.0 Å². The molecule has 6 heteroatoms. The lowest BCUT2D eigenvalue weighted by molar-refractivity contribution is 0.626. The molecule has 2 heterocycles. The zero-order valence-corrected chi connectivity index (χ0v) is 13.4. The number of benzene rings is 1. The van der Waals surface area contributed by atoms with E-state index in [9.17, 15) is 0 Å². The van der Waals surface area contributed by atoms with Gasteiger partial charge in [-0.25, -0.2) is 0 Å². The summed E-state index contributed by atoms with van der Waals surface area (Å²) in [4.78, 5) is 1.44. The molecule has 21 heavy (non-hydrogen) atoms. The third-order valence-corrected chi connectivity index (χ3v) is 6.40. The normalized spacial score (nSPS) is 20.7. The van der Waals surface area contributed by atoms with Crippen molar-refractivity contribution in [2.24, 2.45) is 5.73 Å². The Hall–Kier alpha value is -0.980. The maximum absolute atomic E-state index is 5.78. The number of hydrogen-bond donors (Lipinski definition) is 1. The highest BCUT2D eigenvalue weighted by atomic mass is 32.2. The Balaban J connectivity index is 1.50. The van der Waals surface area contributed by atoms with Crippen LogP contribution in [0.4, 0.5) is 0 Å². The van der Waals surface area contributed by atoms with Gasteiger partial charge in [-0.2, -0.15) is 0 Å². The van der Waals surface area contributed by atoms with E-state index in [-0.39, 0.29) is 0 Å². The van der Waals surface area contributed by atoms with Gasteiger partial charge < -0.3 is 10.3 Å². The first-order valence-electron chi connectivity index (χ1n) is 7.35. The number of aromatic nitrogens is 3. The second-order valence-corrected chi connectivity index (χ2v) is 7.61. The topological polar surface area (TPSA) is 56.7 Å². The van der Waals surface area contributed by atoms with Gasteiger partial charge in [0.25, 0.3) is 0 Å². The number of thioether (sulfide) groups is 2. The van der Waals surface area contributed by atoms with Crippen molar-refractivity contribution in [1.82, 2.24) is 14.8 Å². The highest BCUT2D eigenvalue weighted by molar-refractivity contribution is 8.00. The molecule has 1 aromatic heterocycles. The van der Waals surface area contributed by atoms with E-state index in [2.05, 4.69) is 39.0 Å². The van der Waals surface area contributed by atoms with E-state index in [0.29, 0.717) is 18.5 Å². The molecule has 1 unspecified atom stereocenters. The molecule has 1 aliphatic carbocycles. The molecule has 0 spiro atoms. The van der Waals surface area contributed by atoms with Gasteiger partial charge in [0.05, 0.1) is 6.54 Å². The van der Waals surface area contributed by atoms with Crippen LogP contribution in [-0.4, -0.2) is 26.3 Å². The Labute approximate surface area is 132 Å². The smallest absolute Gasteiger partial charge is 0.191 e. The van der Waals surface area contributed by atoms with Crippen LogP contribution in [0.5, 0.6) is 0 Å². The summed E-state index contributed by atoms with van der Waals surface area (Å²) in [5.41, 5.74) is 7.27. The van der Waals surface area contributed by atoms with Crippen molar-refractivity contribution in [2.45, 2.75) is 41.4 Å². The van der Waals surface area contributed by atoms with Crippen LogP contribution in [0.1, 0.15) is 36.2 Å². The highest BCUT2D eigenvalue weighted by Gasteiger charge is 2.30. The lowest BCUT2D eigenvalue weighted by Crippen LogP contribution is -2.08. The van der Waals surface area contributed by atoms with Crippen molar-refractivity contribution >= 4 is 23.5 Å². The minimum atomic E-state index is 0.478. The van der Waals surface area contributed by atoms with Gasteiger partial charge in [0.2, 0.25) is 0 Å². The fourth-order valence-electron chi connectivity index (χ4n) is 2.79. The van der Waals surface area contributed by atoms with Crippen molar-refractivity contribution in [3.63, 3.8) is 0 Å². The number of rotatable bonds is 5. The standard InChI is InChI=1S/C15H18N4S2/c16-7-14-17-18-15(19(14)11-5-6-11)21-9-10-8-20-13-4-2-1-3-12(10)13/h1-4,10-11H,5-9,16H2. The van der Waals surface area contributed by atoms with Crippen LogP contribution in [-0.2, 0) is 6.54 Å². The van der Waals surface area contributed by atoms with Crippen LogP contribution in [0.3, 0.4) is 0 Å². The van der Waals surface area contributed by atoms with Gasteiger partial charge >= 0.3 is 0 Å². The summed E-state index contributed by atoms with van der Waals surface area (Å²) in [6.07, 6.45) is 2.47. The van der Waals surface area contributed by atoms with Crippen molar-refractivity contribution in [3.05, 3.63) is 35.7 Å². The van der Waals surface area contributed by atoms with Gasteiger partial charge in [-0.3, -0.25) is 0 Å². The molecule has 2 aromatic rings. The Bertz CT molecular complexity index is 651. The Morgan fingerprint density at radius 1 is 1.29 bits per heavy atom. The Morgan fingerprint density at radius 3 is 2.95 bits per heavy atom. The van der Waals surface area contributed by atoms with Gasteiger partial charge in [0, 0.05) is 28.4 Å².